The van der Waals surface area contributed by atoms with E-state index in [1.54, 1.807) is 36.0 Å². The summed E-state index contributed by atoms with van der Waals surface area (Å²) in [6.07, 6.45) is 7.31. The van der Waals surface area contributed by atoms with Crippen LogP contribution in [0.2, 0.25) is 0 Å². The number of aldehydes is 1. The highest BCUT2D eigenvalue weighted by atomic mass is 32.1. The number of allylic oxidation sites excluding steroid dienone is 1. The molecule has 0 aliphatic carbocycles. The van der Waals surface area contributed by atoms with Gasteiger partial charge < -0.3 is 4.57 Å². The van der Waals surface area contributed by atoms with Gasteiger partial charge in [-0.25, -0.2) is 4.99 Å². The molecule has 0 unspecified atom stereocenters. The Morgan fingerprint density at radius 1 is 1.17 bits per heavy atom. The molecule has 144 valence electrons. The summed E-state index contributed by atoms with van der Waals surface area (Å²) in [6.45, 7) is 0.785. The summed E-state index contributed by atoms with van der Waals surface area (Å²) < 4.78 is 3.38. The highest BCUT2D eigenvalue weighted by molar-refractivity contribution is 7.80. The van der Waals surface area contributed by atoms with Crippen molar-refractivity contribution < 1.29 is 4.79 Å². The number of rotatable bonds is 6. The van der Waals surface area contributed by atoms with Crippen LogP contribution < -0.4 is 4.80 Å². The molecule has 7 heteroatoms. The molecule has 0 spiro atoms. The van der Waals surface area contributed by atoms with E-state index in [4.69, 9.17) is 4.99 Å². The molecule has 0 radical (unpaired) electrons. The summed E-state index contributed by atoms with van der Waals surface area (Å²) in [6, 6.07) is 16.0. The Bertz CT molecular complexity index is 1240. The number of carbonyl (C=O) groups is 1. The van der Waals surface area contributed by atoms with Gasteiger partial charge >= 0.3 is 0 Å². The van der Waals surface area contributed by atoms with Crippen LogP contribution in [0.3, 0.4) is 0 Å². The zero-order valence-corrected chi connectivity index (χ0v) is 17.2. The first-order valence-corrected chi connectivity index (χ1v) is 10.5. The van der Waals surface area contributed by atoms with Crippen LogP contribution >= 0.6 is 24.0 Å². The molecule has 0 fully saturated rings. The average molecular weight is 419 g/mol. The van der Waals surface area contributed by atoms with Crippen LogP contribution in [-0.4, -0.2) is 26.6 Å². The maximum atomic E-state index is 11.5. The molecule has 29 heavy (non-hydrogen) atoms. The van der Waals surface area contributed by atoms with Crippen LogP contribution in [0, 0.1) is 0 Å². The lowest BCUT2D eigenvalue weighted by molar-refractivity contribution is -0.103. The van der Waals surface area contributed by atoms with Gasteiger partial charge in [0.25, 0.3) is 0 Å². The normalized spacial score (nSPS) is 12.4. The Labute approximate surface area is 177 Å². The number of carbonyl (C=O) groups excluding carboxylic acids is 1. The standard InChI is InChI=1S/C22H18N4OS2/c27-15-17(19-14-23-8-9-24-19)12-16-4-3-5-18(13-16)25-22-26(10-11-28)20-6-1-2-7-21(20)29-22/h1-9,12-15,28H,10-11H2/b17-12+,25-22?. The maximum Gasteiger partial charge on any atom is 0.190 e. The van der Waals surface area contributed by atoms with E-state index < -0.39 is 0 Å². The largest absolute Gasteiger partial charge is 0.316 e. The Balaban J connectivity index is 1.77. The highest BCUT2D eigenvalue weighted by Gasteiger charge is 2.06. The van der Waals surface area contributed by atoms with Crippen LogP contribution in [-0.2, 0) is 11.3 Å². The third-order valence-electron chi connectivity index (χ3n) is 4.31. The minimum Gasteiger partial charge on any atom is -0.316 e. The molecule has 0 bridgehead atoms. The summed E-state index contributed by atoms with van der Waals surface area (Å²) in [7, 11) is 0. The number of thiazole rings is 1. The third kappa shape index (κ3) is 4.36. The second-order valence-corrected chi connectivity index (χ2v) is 7.70. The summed E-state index contributed by atoms with van der Waals surface area (Å²) in [5.41, 5.74) is 3.87. The number of thiol groups is 1. The molecule has 0 N–H and O–H groups in total. The number of aromatic nitrogens is 3. The van der Waals surface area contributed by atoms with E-state index in [9.17, 15) is 4.79 Å². The molecule has 2 heterocycles. The fourth-order valence-electron chi connectivity index (χ4n) is 3.01. The molecule has 0 saturated carbocycles. The van der Waals surface area contributed by atoms with Crippen LogP contribution in [0.15, 0.2) is 72.1 Å². The molecular weight excluding hydrogens is 400 g/mol. The lowest BCUT2D eigenvalue weighted by atomic mass is 10.1. The lowest BCUT2D eigenvalue weighted by Gasteiger charge is -2.03. The fourth-order valence-corrected chi connectivity index (χ4v) is 4.29. The van der Waals surface area contributed by atoms with Crippen molar-refractivity contribution in [2.45, 2.75) is 6.54 Å². The Hall–Kier alpha value is -3.03. The Kier molecular flexibility index (Phi) is 5.97. The van der Waals surface area contributed by atoms with Gasteiger partial charge in [0.05, 0.1) is 27.8 Å². The van der Waals surface area contributed by atoms with E-state index in [1.165, 1.54) is 4.70 Å². The second kappa shape index (κ2) is 8.98. The first kappa shape index (κ1) is 19.3. The maximum absolute atomic E-state index is 11.5. The zero-order valence-electron chi connectivity index (χ0n) is 15.5. The number of hydrogen-bond donors (Lipinski definition) is 1. The van der Waals surface area contributed by atoms with E-state index in [0.29, 0.717) is 11.3 Å². The fraction of sp³-hybridized carbons (Fsp3) is 0.0909. The van der Waals surface area contributed by atoms with E-state index in [1.807, 2.05) is 36.4 Å². The summed E-state index contributed by atoms with van der Waals surface area (Å²) >= 11 is 6.05. The number of nitrogens with zero attached hydrogens (tertiary/aromatic N) is 4. The van der Waals surface area contributed by atoms with Gasteiger partial charge in [-0.05, 0) is 35.9 Å². The summed E-state index contributed by atoms with van der Waals surface area (Å²) in [4.78, 5) is 25.5. The summed E-state index contributed by atoms with van der Waals surface area (Å²) in [5, 5.41) is 0. The third-order valence-corrected chi connectivity index (χ3v) is 5.57. The predicted molar refractivity (Wildman–Crippen MR) is 121 cm³/mol. The van der Waals surface area contributed by atoms with Crippen molar-refractivity contribution in [3.05, 3.63) is 83.2 Å². The molecule has 0 amide bonds. The Morgan fingerprint density at radius 3 is 2.86 bits per heavy atom. The molecule has 0 aliphatic rings. The predicted octanol–water partition coefficient (Wildman–Crippen LogP) is 4.39. The van der Waals surface area contributed by atoms with Crippen LogP contribution in [0.1, 0.15) is 11.3 Å². The number of fused-ring (bicyclic) bond motifs is 1. The van der Waals surface area contributed by atoms with Crippen LogP contribution in [0.25, 0.3) is 21.9 Å². The van der Waals surface area contributed by atoms with Gasteiger partial charge in [0, 0.05) is 30.3 Å². The smallest absolute Gasteiger partial charge is 0.190 e. The molecule has 4 aromatic rings. The molecular formula is C22H18N4OS2. The first-order valence-electron chi connectivity index (χ1n) is 9.06. The number of para-hydroxylation sites is 1. The van der Waals surface area contributed by atoms with E-state index in [0.717, 1.165) is 40.2 Å². The number of aryl methyl sites for hydroxylation is 1. The van der Waals surface area contributed by atoms with Crippen molar-refractivity contribution >= 4 is 57.8 Å². The van der Waals surface area contributed by atoms with Gasteiger partial charge in [-0.1, -0.05) is 35.6 Å². The average Bonchev–Trinajstić information content (AvgIpc) is 3.10. The zero-order chi connectivity index (χ0) is 20.1. The number of hydrogen-bond acceptors (Lipinski definition) is 6. The second-order valence-electron chi connectivity index (χ2n) is 6.24. The molecule has 0 saturated heterocycles. The minimum absolute atomic E-state index is 0.474. The van der Waals surface area contributed by atoms with Gasteiger partial charge in [-0.15, -0.1) is 0 Å². The quantitative estimate of drug-likeness (QED) is 0.287. The van der Waals surface area contributed by atoms with Crippen LogP contribution in [0.4, 0.5) is 5.69 Å². The molecule has 0 atom stereocenters. The molecule has 2 aromatic heterocycles. The molecule has 0 aliphatic heterocycles. The van der Waals surface area contributed by atoms with Gasteiger partial charge in [0.15, 0.2) is 11.1 Å². The molecule has 4 rings (SSSR count). The van der Waals surface area contributed by atoms with Crippen molar-refractivity contribution in [3.8, 4) is 0 Å². The lowest BCUT2D eigenvalue weighted by Crippen LogP contribution is -2.15. The molecule has 2 aromatic carbocycles. The highest BCUT2D eigenvalue weighted by Crippen LogP contribution is 2.21. The van der Waals surface area contributed by atoms with Crippen LogP contribution in [0.5, 0.6) is 0 Å². The topological polar surface area (TPSA) is 60.1 Å². The van der Waals surface area contributed by atoms with Crippen molar-refractivity contribution in [2.75, 3.05) is 5.75 Å². The molecule has 5 nitrogen and oxygen atoms in total. The van der Waals surface area contributed by atoms with Crippen molar-refractivity contribution in [2.24, 2.45) is 4.99 Å². The minimum atomic E-state index is 0.474. The SMILES string of the molecule is O=C/C(=C\c1cccc(N=c2sc3ccccc3n2CCS)c1)c1cnccn1. The summed E-state index contributed by atoms with van der Waals surface area (Å²) in [5.74, 6) is 0.734. The van der Waals surface area contributed by atoms with Crippen molar-refractivity contribution in [1.29, 1.82) is 0 Å². The Morgan fingerprint density at radius 2 is 2.07 bits per heavy atom. The first-order chi connectivity index (χ1) is 14.3. The van der Waals surface area contributed by atoms with E-state index >= 15 is 0 Å². The van der Waals surface area contributed by atoms with Gasteiger partial charge in [-0.2, -0.15) is 12.6 Å². The van der Waals surface area contributed by atoms with Crippen molar-refractivity contribution in [3.63, 3.8) is 0 Å². The van der Waals surface area contributed by atoms with Crippen molar-refractivity contribution in [1.82, 2.24) is 14.5 Å². The van der Waals surface area contributed by atoms with E-state index in [2.05, 4.69) is 39.3 Å². The van der Waals surface area contributed by atoms with Gasteiger partial charge in [-0.3, -0.25) is 14.8 Å². The van der Waals surface area contributed by atoms with Gasteiger partial charge in [0.1, 0.15) is 0 Å². The van der Waals surface area contributed by atoms with Gasteiger partial charge in [0.2, 0.25) is 0 Å². The van der Waals surface area contributed by atoms with E-state index in [-0.39, 0.29) is 0 Å². The monoisotopic (exact) mass is 418 g/mol. The number of benzene rings is 2.